The van der Waals surface area contributed by atoms with Crippen LogP contribution < -0.4 is 0 Å². The number of hydrogen-bond donors (Lipinski definition) is 1. The third kappa shape index (κ3) is 3.23. The molecule has 1 aliphatic rings. The second kappa shape index (κ2) is 7.22. The summed E-state index contributed by atoms with van der Waals surface area (Å²) in [6.45, 7) is 9.39. The van der Waals surface area contributed by atoms with Gasteiger partial charge in [0.25, 0.3) is 0 Å². The van der Waals surface area contributed by atoms with Crippen molar-refractivity contribution < 1.29 is 5.11 Å². The minimum Gasteiger partial charge on any atom is -0.507 e. The zero-order valence-corrected chi connectivity index (χ0v) is 17.5. The number of aryl methyl sites for hydroxylation is 2. The van der Waals surface area contributed by atoms with Crippen LogP contribution >= 0.6 is 0 Å². The smallest absolute Gasteiger partial charge is 0.139 e. The van der Waals surface area contributed by atoms with E-state index in [0.29, 0.717) is 17.2 Å². The molecule has 1 saturated heterocycles. The number of likely N-dealkylation sites (N-methyl/N-ethyl adjacent to an activating group) is 1. The molecule has 0 bridgehead atoms. The number of aromatic nitrogens is 4. The van der Waals surface area contributed by atoms with Gasteiger partial charge in [0.05, 0.1) is 17.1 Å². The van der Waals surface area contributed by atoms with Crippen LogP contribution in [0.3, 0.4) is 0 Å². The second-order valence-corrected chi connectivity index (χ2v) is 8.15. The van der Waals surface area contributed by atoms with Crippen LogP contribution in [-0.4, -0.2) is 49.2 Å². The number of nitrogens with zero attached hydrogens (tertiary/aromatic N) is 5. The van der Waals surface area contributed by atoms with E-state index in [2.05, 4.69) is 40.0 Å². The molecular formula is C24H25N5O. The zero-order valence-electron chi connectivity index (χ0n) is 17.5. The molecular weight excluding hydrogens is 374 g/mol. The van der Waals surface area contributed by atoms with Gasteiger partial charge in [0.15, 0.2) is 0 Å². The van der Waals surface area contributed by atoms with E-state index in [1.165, 1.54) is 0 Å². The molecule has 0 spiro atoms. The first-order chi connectivity index (χ1) is 14.5. The van der Waals surface area contributed by atoms with Crippen molar-refractivity contribution in [2.45, 2.75) is 26.7 Å². The van der Waals surface area contributed by atoms with Crippen LogP contribution in [0.1, 0.15) is 29.8 Å². The molecule has 5 rings (SSSR count). The fourth-order valence-electron chi connectivity index (χ4n) is 4.20. The van der Waals surface area contributed by atoms with E-state index in [1.54, 1.807) is 6.07 Å². The first-order valence-electron chi connectivity index (χ1n) is 10.4. The number of hydrogen-bond acceptors (Lipinski definition) is 5. The van der Waals surface area contributed by atoms with E-state index in [1.807, 2.05) is 48.0 Å². The Morgan fingerprint density at radius 1 is 1.00 bits per heavy atom. The van der Waals surface area contributed by atoms with Gasteiger partial charge in [0.1, 0.15) is 11.4 Å². The number of likely N-dealkylation sites (tertiary alicyclic amines) is 1. The molecule has 0 saturated carbocycles. The minimum atomic E-state index is 0.204. The third-order valence-corrected chi connectivity index (χ3v) is 5.97. The SMILES string of the molecule is CCN1CC(c2ccc(-c3ccc(-c4cc(C)c5nc(C)cn5c4)cc3O)nn2)C1. The van der Waals surface area contributed by atoms with Crippen molar-refractivity contribution >= 4 is 5.65 Å². The Morgan fingerprint density at radius 3 is 2.53 bits per heavy atom. The van der Waals surface area contributed by atoms with E-state index >= 15 is 0 Å². The summed E-state index contributed by atoms with van der Waals surface area (Å²) in [6, 6.07) is 11.8. The van der Waals surface area contributed by atoms with Crippen molar-refractivity contribution in [1.82, 2.24) is 24.5 Å². The summed E-state index contributed by atoms with van der Waals surface area (Å²) in [5.74, 6) is 0.669. The average Bonchev–Trinajstić information content (AvgIpc) is 3.09. The van der Waals surface area contributed by atoms with Gasteiger partial charge in [-0.1, -0.05) is 13.0 Å². The van der Waals surface area contributed by atoms with E-state index in [4.69, 9.17) is 0 Å². The third-order valence-electron chi connectivity index (χ3n) is 5.97. The standard InChI is InChI=1S/C24H25N5O/c1-4-28-12-19(13-28)21-7-8-22(27-26-21)20-6-5-17(10-23(20)30)18-9-15(2)24-25-16(3)11-29(24)14-18/h5-11,14,19,30H,4,12-13H2,1-3H3. The van der Waals surface area contributed by atoms with Gasteiger partial charge in [-0.05, 0) is 67.4 Å². The number of benzene rings is 1. The molecule has 0 unspecified atom stereocenters. The second-order valence-electron chi connectivity index (χ2n) is 8.15. The first-order valence-corrected chi connectivity index (χ1v) is 10.4. The predicted molar refractivity (Wildman–Crippen MR) is 118 cm³/mol. The number of fused-ring (bicyclic) bond motifs is 1. The number of phenolic OH excluding ortho intramolecular Hbond substituents is 1. The molecule has 1 aliphatic heterocycles. The van der Waals surface area contributed by atoms with Crippen molar-refractivity contribution in [2.75, 3.05) is 19.6 Å². The van der Waals surface area contributed by atoms with Crippen molar-refractivity contribution in [3.05, 3.63) is 65.7 Å². The Morgan fingerprint density at radius 2 is 1.83 bits per heavy atom. The van der Waals surface area contributed by atoms with Crippen molar-refractivity contribution in [1.29, 1.82) is 0 Å². The fourth-order valence-corrected chi connectivity index (χ4v) is 4.20. The maximum Gasteiger partial charge on any atom is 0.139 e. The van der Waals surface area contributed by atoms with Gasteiger partial charge in [-0.2, -0.15) is 10.2 Å². The molecule has 0 aliphatic carbocycles. The molecule has 6 heteroatoms. The lowest BCUT2D eigenvalue weighted by Crippen LogP contribution is -2.44. The van der Waals surface area contributed by atoms with E-state index in [-0.39, 0.29) is 5.75 Å². The first kappa shape index (κ1) is 18.8. The molecule has 30 heavy (non-hydrogen) atoms. The van der Waals surface area contributed by atoms with Gasteiger partial charge in [0.2, 0.25) is 0 Å². The summed E-state index contributed by atoms with van der Waals surface area (Å²) < 4.78 is 2.04. The Bertz CT molecular complexity index is 1220. The molecule has 1 N–H and O–H groups in total. The van der Waals surface area contributed by atoms with Crippen molar-refractivity contribution in [3.8, 4) is 28.1 Å². The van der Waals surface area contributed by atoms with Gasteiger partial charge in [-0.25, -0.2) is 4.98 Å². The van der Waals surface area contributed by atoms with Crippen molar-refractivity contribution in [2.24, 2.45) is 0 Å². The lowest BCUT2D eigenvalue weighted by molar-refractivity contribution is 0.154. The Balaban J connectivity index is 1.42. The number of aromatic hydroxyl groups is 1. The molecule has 6 nitrogen and oxygen atoms in total. The maximum atomic E-state index is 10.7. The van der Waals surface area contributed by atoms with Gasteiger partial charge >= 0.3 is 0 Å². The van der Waals surface area contributed by atoms with E-state index in [0.717, 1.165) is 53.4 Å². The molecule has 1 aromatic carbocycles. The summed E-state index contributed by atoms with van der Waals surface area (Å²) >= 11 is 0. The topological polar surface area (TPSA) is 66.6 Å². The van der Waals surface area contributed by atoms with Crippen LogP contribution in [0.15, 0.2) is 48.8 Å². The molecule has 0 atom stereocenters. The van der Waals surface area contributed by atoms with Gasteiger partial charge < -0.3 is 14.4 Å². The number of imidazole rings is 1. The summed E-state index contributed by atoms with van der Waals surface area (Å²) in [7, 11) is 0. The van der Waals surface area contributed by atoms with Crippen LogP contribution in [-0.2, 0) is 0 Å². The fraction of sp³-hybridized carbons (Fsp3) is 0.292. The van der Waals surface area contributed by atoms with Crippen molar-refractivity contribution in [3.63, 3.8) is 0 Å². The molecule has 1 fully saturated rings. The summed E-state index contributed by atoms with van der Waals surface area (Å²) in [5.41, 5.74) is 7.43. The zero-order chi connectivity index (χ0) is 20.8. The maximum absolute atomic E-state index is 10.7. The van der Waals surface area contributed by atoms with Crippen LogP contribution in [0.5, 0.6) is 5.75 Å². The normalized spacial score (nSPS) is 14.9. The van der Waals surface area contributed by atoms with Gasteiger partial charge in [-0.3, -0.25) is 0 Å². The van der Waals surface area contributed by atoms with Crippen LogP contribution in [0.4, 0.5) is 0 Å². The Hall–Kier alpha value is -3.25. The molecule has 0 amide bonds. The molecule has 4 heterocycles. The number of phenols is 1. The van der Waals surface area contributed by atoms with Gasteiger partial charge in [-0.15, -0.1) is 0 Å². The lowest BCUT2D eigenvalue weighted by Gasteiger charge is -2.37. The molecule has 4 aromatic rings. The number of pyridine rings is 1. The summed E-state index contributed by atoms with van der Waals surface area (Å²) in [4.78, 5) is 6.94. The summed E-state index contributed by atoms with van der Waals surface area (Å²) in [6.07, 6.45) is 4.06. The molecule has 0 radical (unpaired) electrons. The Labute approximate surface area is 175 Å². The highest BCUT2D eigenvalue weighted by atomic mass is 16.3. The van der Waals surface area contributed by atoms with E-state index < -0.39 is 0 Å². The monoisotopic (exact) mass is 399 g/mol. The lowest BCUT2D eigenvalue weighted by atomic mass is 9.96. The largest absolute Gasteiger partial charge is 0.507 e. The predicted octanol–water partition coefficient (Wildman–Crippen LogP) is 4.20. The highest BCUT2D eigenvalue weighted by Crippen LogP contribution is 2.33. The Kier molecular flexibility index (Phi) is 4.51. The van der Waals surface area contributed by atoms with E-state index in [9.17, 15) is 5.11 Å². The van der Waals surface area contributed by atoms with Gasteiger partial charge in [0, 0.05) is 37.0 Å². The highest BCUT2D eigenvalue weighted by Gasteiger charge is 2.28. The van der Waals surface area contributed by atoms with Crippen LogP contribution in [0.25, 0.3) is 28.0 Å². The quantitative estimate of drug-likeness (QED) is 0.557. The van der Waals surface area contributed by atoms with Crippen LogP contribution in [0, 0.1) is 13.8 Å². The summed E-state index contributed by atoms with van der Waals surface area (Å²) in [5, 5.41) is 19.5. The minimum absolute atomic E-state index is 0.204. The van der Waals surface area contributed by atoms with Crippen LogP contribution in [0.2, 0.25) is 0 Å². The highest BCUT2D eigenvalue weighted by molar-refractivity contribution is 5.75. The molecule has 3 aromatic heterocycles. The molecule has 152 valence electrons. The average molecular weight is 399 g/mol. The number of rotatable bonds is 4.